The number of benzene rings is 1. The van der Waals surface area contributed by atoms with Gasteiger partial charge in [-0.05, 0) is 56.8 Å². The largest absolute Gasteiger partial charge is 0.354 e. The number of Topliss-reactive ketones (excluding diaryl/α,β-unsaturated/α-hetero) is 1. The van der Waals surface area contributed by atoms with E-state index in [1.54, 1.807) is 6.92 Å². The third-order valence-corrected chi connectivity index (χ3v) is 6.63. The van der Waals surface area contributed by atoms with Crippen molar-refractivity contribution in [2.75, 3.05) is 42.9 Å². The number of aromatic nitrogens is 4. The number of rotatable bonds is 8. The molecule has 0 spiro atoms. The zero-order valence-corrected chi connectivity index (χ0v) is 20.5. The van der Waals surface area contributed by atoms with Crippen LogP contribution in [0.5, 0.6) is 0 Å². The van der Waals surface area contributed by atoms with Crippen LogP contribution in [0.4, 0.5) is 17.5 Å². The Labute approximate surface area is 199 Å². The molecule has 1 saturated heterocycles. The summed E-state index contributed by atoms with van der Waals surface area (Å²) in [6.45, 7) is 12.9. The van der Waals surface area contributed by atoms with Gasteiger partial charge in [-0.3, -0.25) is 9.89 Å². The molecule has 1 aliphatic rings. The molecule has 3 aromatic rings. The number of carbonyl (C=O) groups is 1. The Balaban J connectivity index is 1.62. The molecule has 9 heteroatoms. The summed E-state index contributed by atoms with van der Waals surface area (Å²) in [5, 5.41) is 11.3. The van der Waals surface area contributed by atoms with E-state index in [1.165, 1.54) is 11.8 Å². The number of carbonyl (C=O) groups excluding carboxylic acids is 1. The molecular formula is C24H31N7OS. The molecule has 4 rings (SSSR count). The first-order valence-electron chi connectivity index (χ1n) is 11.3. The van der Waals surface area contributed by atoms with E-state index in [0.717, 1.165) is 71.9 Å². The zero-order chi connectivity index (χ0) is 23.4. The van der Waals surface area contributed by atoms with Crippen molar-refractivity contribution in [1.82, 2.24) is 25.1 Å². The second-order valence-corrected chi connectivity index (χ2v) is 9.45. The molecule has 0 amide bonds. The highest BCUT2D eigenvalue weighted by molar-refractivity contribution is 7.99. The average molecular weight is 466 g/mol. The summed E-state index contributed by atoms with van der Waals surface area (Å²) in [5.74, 6) is 2.63. The molecule has 0 radical (unpaired) electrons. The first-order valence-corrected chi connectivity index (χ1v) is 12.1. The van der Waals surface area contributed by atoms with Gasteiger partial charge < -0.3 is 15.1 Å². The number of nitrogens with zero attached hydrogens (tertiary/aromatic N) is 5. The quantitative estimate of drug-likeness (QED) is 0.483. The number of hydrogen-bond donors (Lipinski definition) is 2. The molecule has 33 heavy (non-hydrogen) atoms. The van der Waals surface area contributed by atoms with E-state index in [4.69, 9.17) is 9.97 Å². The fourth-order valence-electron chi connectivity index (χ4n) is 3.91. The van der Waals surface area contributed by atoms with E-state index < -0.39 is 0 Å². The van der Waals surface area contributed by atoms with Crippen molar-refractivity contribution in [1.29, 1.82) is 0 Å². The van der Waals surface area contributed by atoms with Crippen LogP contribution >= 0.6 is 11.8 Å². The number of likely N-dealkylation sites (N-methyl/N-ethyl adjacent to an activating group) is 1. The van der Waals surface area contributed by atoms with Gasteiger partial charge in [-0.25, -0.2) is 9.97 Å². The summed E-state index contributed by atoms with van der Waals surface area (Å²) in [4.78, 5) is 27.0. The third-order valence-electron chi connectivity index (χ3n) is 5.76. The first kappa shape index (κ1) is 23.3. The zero-order valence-electron chi connectivity index (χ0n) is 19.7. The molecule has 174 valence electrons. The van der Waals surface area contributed by atoms with Gasteiger partial charge in [-0.15, -0.1) is 0 Å². The Morgan fingerprint density at radius 3 is 2.45 bits per heavy atom. The third kappa shape index (κ3) is 5.91. The normalized spacial score (nSPS) is 14.5. The minimum absolute atomic E-state index is 0.161. The van der Waals surface area contributed by atoms with Crippen molar-refractivity contribution < 1.29 is 4.79 Å². The standard InChI is InChI=1S/C24H31N7OS/c1-5-30-10-12-31(13-11-30)23-18(4)22(25-21-14-16(2)28-29-21)26-24(27-23)33-20-8-6-19(7-9-20)15-17(3)32/h6-9,14H,5,10-13,15H2,1-4H3,(H2,25,26,27,28,29). The minimum Gasteiger partial charge on any atom is -0.354 e. The van der Waals surface area contributed by atoms with Crippen LogP contribution in [-0.2, 0) is 11.2 Å². The number of ketones is 1. The maximum absolute atomic E-state index is 11.4. The van der Waals surface area contributed by atoms with Crippen LogP contribution < -0.4 is 10.2 Å². The lowest BCUT2D eigenvalue weighted by Crippen LogP contribution is -2.46. The molecular weight excluding hydrogens is 434 g/mol. The van der Waals surface area contributed by atoms with Gasteiger partial charge in [0.05, 0.1) is 0 Å². The molecule has 2 N–H and O–H groups in total. The number of aryl methyl sites for hydroxylation is 1. The van der Waals surface area contributed by atoms with Crippen LogP contribution in [0.1, 0.15) is 30.7 Å². The Morgan fingerprint density at radius 2 is 1.85 bits per heavy atom. The highest BCUT2D eigenvalue weighted by Gasteiger charge is 2.22. The van der Waals surface area contributed by atoms with Gasteiger partial charge in [0.25, 0.3) is 0 Å². The van der Waals surface area contributed by atoms with Gasteiger partial charge in [0.2, 0.25) is 0 Å². The van der Waals surface area contributed by atoms with Crippen LogP contribution in [0.3, 0.4) is 0 Å². The fraction of sp³-hybridized carbons (Fsp3) is 0.417. The summed E-state index contributed by atoms with van der Waals surface area (Å²) in [7, 11) is 0. The van der Waals surface area contributed by atoms with Crippen molar-refractivity contribution in [3.8, 4) is 0 Å². The van der Waals surface area contributed by atoms with Crippen LogP contribution in [-0.4, -0.2) is 63.6 Å². The number of hydrogen-bond acceptors (Lipinski definition) is 8. The molecule has 8 nitrogen and oxygen atoms in total. The number of piperazine rings is 1. The van der Waals surface area contributed by atoms with Crippen molar-refractivity contribution in [2.24, 2.45) is 0 Å². The van der Waals surface area contributed by atoms with Gasteiger partial charge in [-0.1, -0.05) is 19.1 Å². The van der Waals surface area contributed by atoms with Gasteiger partial charge in [0.15, 0.2) is 11.0 Å². The molecule has 1 aliphatic heterocycles. The molecule has 3 heterocycles. The molecule has 2 aromatic heterocycles. The van der Waals surface area contributed by atoms with E-state index in [1.807, 2.05) is 37.3 Å². The van der Waals surface area contributed by atoms with Crippen LogP contribution in [0.25, 0.3) is 0 Å². The number of nitrogens with one attached hydrogen (secondary N) is 2. The number of aromatic amines is 1. The SMILES string of the molecule is CCN1CCN(c2nc(Sc3ccc(CC(C)=O)cc3)nc(Nc3cc(C)[nH]n3)c2C)CC1. The maximum Gasteiger partial charge on any atom is 0.196 e. The summed E-state index contributed by atoms with van der Waals surface area (Å²) in [5.41, 5.74) is 3.02. The van der Waals surface area contributed by atoms with Gasteiger partial charge >= 0.3 is 0 Å². The molecule has 1 aromatic carbocycles. The number of anilines is 3. The van der Waals surface area contributed by atoms with E-state index in [9.17, 15) is 4.79 Å². The van der Waals surface area contributed by atoms with Crippen molar-refractivity contribution >= 4 is 35.0 Å². The van der Waals surface area contributed by atoms with Crippen molar-refractivity contribution in [3.05, 3.63) is 47.2 Å². The maximum atomic E-state index is 11.4. The van der Waals surface area contributed by atoms with E-state index in [2.05, 4.69) is 39.2 Å². The monoisotopic (exact) mass is 465 g/mol. The van der Waals surface area contributed by atoms with Gasteiger partial charge in [0.1, 0.15) is 17.4 Å². The molecule has 0 aliphatic carbocycles. The van der Waals surface area contributed by atoms with E-state index >= 15 is 0 Å². The Bertz CT molecular complexity index is 1100. The van der Waals surface area contributed by atoms with E-state index in [-0.39, 0.29) is 5.78 Å². The first-order chi connectivity index (χ1) is 15.9. The molecule has 0 bridgehead atoms. The van der Waals surface area contributed by atoms with Crippen LogP contribution in [0, 0.1) is 13.8 Å². The lowest BCUT2D eigenvalue weighted by molar-refractivity contribution is -0.116. The molecule has 0 unspecified atom stereocenters. The summed E-state index contributed by atoms with van der Waals surface area (Å²) in [6.07, 6.45) is 0.455. The molecule has 0 saturated carbocycles. The van der Waals surface area contributed by atoms with Crippen LogP contribution in [0.15, 0.2) is 40.4 Å². The topological polar surface area (TPSA) is 90.0 Å². The Kier molecular flexibility index (Phi) is 7.29. The summed E-state index contributed by atoms with van der Waals surface area (Å²) < 4.78 is 0. The highest BCUT2D eigenvalue weighted by atomic mass is 32.2. The smallest absolute Gasteiger partial charge is 0.196 e. The van der Waals surface area contributed by atoms with E-state index in [0.29, 0.717) is 11.6 Å². The summed E-state index contributed by atoms with van der Waals surface area (Å²) in [6, 6.07) is 10.00. The highest BCUT2D eigenvalue weighted by Crippen LogP contribution is 2.32. The van der Waals surface area contributed by atoms with Crippen LogP contribution in [0.2, 0.25) is 0 Å². The Hall–Kier alpha value is -2.91. The predicted octanol–water partition coefficient (Wildman–Crippen LogP) is 3.98. The second kappa shape index (κ2) is 10.4. The fourth-order valence-corrected chi connectivity index (χ4v) is 4.66. The summed E-state index contributed by atoms with van der Waals surface area (Å²) >= 11 is 1.52. The molecule has 1 fully saturated rings. The van der Waals surface area contributed by atoms with Crippen molar-refractivity contribution in [3.63, 3.8) is 0 Å². The van der Waals surface area contributed by atoms with Gasteiger partial charge in [0, 0.05) is 54.8 Å². The minimum atomic E-state index is 0.161. The number of H-pyrrole nitrogens is 1. The lowest BCUT2D eigenvalue weighted by Gasteiger charge is -2.35. The van der Waals surface area contributed by atoms with Gasteiger partial charge in [-0.2, -0.15) is 5.10 Å². The lowest BCUT2D eigenvalue weighted by atomic mass is 10.1. The Morgan fingerprint density at radius 1 is 1.12 bits per heavy atom. The average Bonchev–Trinajstić information content (AvgIpc) is 3.21. The predicted molar refractivity (Wildman–Crippen MR) is 133 cm³/mol. The van der Waals surface area contributed by atoms with Crippen molar-refractivity contribution in [2.45, 2.75) is 44.2 Å². The second-order valence-electron chi connectivity index (χ2n) is 8.41. The molecule has 0 atom stereocenters.